The first-order valence-electron chi connectivity index (χ1n) is 5.86. The van der Waals surface area contributed by atoms with Gasteiger partial charge in [-0.1, -0.05) is 19.1 Å². The number of urea groups is 1. The third kappa shape index (κ3) is 4.69. The van der Waals surface area contributed by atoms with E-state index in [1.165, 1.54) is 5.56 Å². The molecule has 0 fully saturated rings. The average molecular weight is 252 g/mol. The molecule has 1 aromatic carbocycles. The van der Waals surface area contributed by atoms with Crippen LogP contribution in [0.4, 0.5) is 10.5 Å². The van der Waals surface area contributed by atoms with Crippen LogP contribution < -0.4 is 5.32 Å². The first-order valence-corrected chi connectivity index (χ1v) is 7.01. The highest BCUT2D eigenvalue weighted by Gasteiger charge is 2.06. The van der Waals surface area contributed by atoms with E-state index < -0.39 is 0 Å². The van der Waals surface area contributed by atoms with Gasteiger partial charge in [0.15, 0.2) is 0 Å². The van der Waals surface area contributed by atoms with Gasteiger partial charge in [-0.25, -0.2) is 4.79 Å². The molecule has 0 aromatic heterocycles. The van der Waals surface area contributed by atoms with Crippen molar-refractivity contribution in [3.05, 3.63) is 29.8 Å². The fourth-order valence-corrected chi connectivity index (χ4v) is 1.94. The van der Waals surface area contributed by atoms with Crippen molar-refractivity contribution in [2.24, 2.45) is 0 Å². The van der Waals surface area contributed by atoms with Gasteiger partial charge in [-0.05, 0) is 30.4 Å². The van der Waals surface area contributed by atoms with Gasteiger partial charge in [-0.3, -0.25) is 0 Å². The number of anilines is 1. The molecule has 0 heterocycles. The summed E-state index contributed by atoms with van der Waals surface area (Å²) in [5.41, 5.74) is 2.11. The van der Waals surface area contributed by atoms with E-state index in [2.05, 4.69) is 18.3 Å². The maximum absolute atomic E-state index is 11.7. The minimum absolute atomic E-state index is 0.0622. The predicted molar refractivity (Wildman–Crippen MR) is 75.6 cm³/mol. The first-order chi connectivity index (χ1) is 8.17. The Morgan fingerprint density at radius 1 is 1.41 bits per heavy atom. The molecule has 0 aliphatic rings. The molecule has 1 aromatic rings. The van der Waals surface area contributed by atoms with E-state index in [1.54, 1.807) is 11.9 Å². The van der Waals surface area contributed by atoms with E-state index in [0.29, 0.717) is 6.54 Å². The van der Waals surface area contributed by atoms with E-state index >= 15 is 0 Å². The zero-order valence-electron chi connectivity index (χ0n) is 10.7. The molecule has 0 aliphatic heterocycles. The van der Waals surface area contributed by atoms with E-state index in [-0.39, 0.29) is 6.03 Å². The molecule has 0 atom stereocenters. The Bertz CT molecular complexity index is 368. The molecule has 17 heavy (non-hydrogen) atoms. The molecule has 3 nitrogen and oxygen atoms in total. The van der Waals surface area contributed by atoms with Crippen LogP contribution in [0.15, 0.2) is 24.3 Å². The molecule has 1 N–H and O–H groups in total. The van der Waals surface area contributed by atoms with Crippen LogP contribution in [0.3, 0.4) is 0 Å². The molecule has 94 valence electrons. The number of amides is 2. The van der Waals surface area contributed by atoms with Crippen LogP contribution in [0.2, 0.25) is 0 Å². The summed E-state index contributed by atoms with van der Waals surface area (Å²) in [5, 5.41) is 2.89. The highest BCUT2D eigenvalue weighted by atomic mass is 32.2. The van der Waals surface area contributed by atoms with Crippen molar-refractivity contribution < 1.29 is 4.79 Å². The maximum atomic E-state index is 11.7. The van der Waals surface area contributed by atoms with Gasteiger partial charge in [-0.2, -0.15) is 11.8 Å². The summed E-state index contributed by atoms with van der Waals surface area (Å²) in [6, 6.07) is 7.95. The monoisotopic (exact) mass is 252 g/mol. The Kier molecular flexibility index (Phi) is 5.91. The van der Waals surface area contributed by atoms with Crippen LogP contribution in [0.1, 0.15) is 19.4 Å². The number of carbonyl (C=O) groups excluding carboxylic acids is 1. The van der Waals surface area contributed by atoms with E-state index in [1.807, 2.05) is 36.9 Å². The largest absolute Gasteiger partial charge is 0.328 e. The number of nitrogens with zero attached hydrogens (tertiary/aromatic N) is 1. The van der Waals surface area contributed by atoms with E-state index in [0.717, 1.165) is 17.2 Å². The second kappa shape index (κ2) is 7.22. The Balaban J connectivity index is 2.62. The molecule has 2 amide bonds. The summed E-state index contributed by atoms with van der Waals surface area (Å²) in [7, 11) is 1.78. The normalized spacial score (nSPS) is 10.1. The van der Waals surface area contributed by atoms with E-state index in [9.17, 15) is 4.79 Å². The molecule has 0 aliphatic carbocycles. The van der Waals surface area contributed by atoms with Crippen molar-refractivity contribution in [2.45, 2.75) is 19.6 Å². The number of thioether (sulfide) groups is 1. The number of rotatable bonds is 5. The predicted octanol–water partition coefficient (Wildman–Crippen LogP) is 3.42. The Morgan fingerprint density at radius 2 is 2.18 bits per heavy atom. The molecular formula is C13H20N2OS. The summed E-state index contributed by atoms with van der Waals surface area (Å²) in [5.74, 6) is 2.10. The summed E-state index contributed by atoms with van der Waals surface area (Å²) < 4.78 is 0. The topological polar surface area (TPSA) is 32.3 Å². The van der Waals surface area contributed by atoms with Crippen LogP contribution in [0, 0.1) is 0 Å². The zero-order chi connectivity index (χ0) is 12.7. The minimum atomic E-state index is -0.0622. The van der Waals surface area contributed by atoms with Crippen LogP contribution >= 0.6 is 11.8 Å². The molecule has 0 bridgehead atoms. The van der Waals surface area contributed by atoms with E-state index in [4.69, 9.17) is 0 Å². The molecular weight excluding hydrogens is 232 g/mol. The Morgan fingerprint density at radius 3 is 2.82 bits per heavy atom. The van der Waals surface area contributed by atoms with Gasteiger partial charge < -0.3 is 10.2 Å². The average Bonchev–Trinajstić information content (AvgIpc) is 2.35. The standard InChI is InChI=1S/C13H20N2OS/c1-4-15(3)13(16)14-12-8-6-7-11(9-12)10-17-5-2/h6-9H,4-5,10H2,1-3H3,(H,14,16). The highest BCUT2D eigenvalue weighted by molar-refractivity contribution is 7.98. The van der Waals surface area contributed by atoms with Crippen molar-refractivity contribution in [2.75, 3.05) is 24.7 Å². The molecule has 0 saturated heterocycles. The highest BCUT2D eigenvalue weighted by Crippen LogP contribution is 2.16. The van der Waals surface area contributed by atoms with Crippen LogP contribution in [-0.4, -0.2) is 30.3 Å². The van der Waals surface area contributed by atoms with Crippen LogP contribution in [-0.2, 0) is 5.75 Å². The van der Waals surface area contributed by atoms with Gasteiger partial charge in [-0.15, -0.1) is 0 Å². The van der Waals surface area contributed by atoms with Gasteiger partial charge in [0, 0.05) is 25.0 Å². The molecule has 0 spiro atoms. The number of benzene rings is 1. The lowest BCUT2D eigenvalue weighted by molar-refractivity contribution is 0.224. The number of carbonyl (C=O) groups is 1. The number of hydrogen-bond acceptors (Lipinski definition) is 2. The molecule has 0 radical (unpaired) electrons. The summed E-state index contributed by atoms with van der Waals surface area (Å²) >= 11 is 1.88. The van der Waals surface area contributed by atoms with Crippen molar-refractivity contribution in [3.8, 4) is 0 Å². The van der Waals surface area contributed by atoms with Gasteiger partial charge in [0.05, 0.1) is 0 Å². The Labute approximate surface area is 108 Å². The second-order valence-corrected chi connectivity index (χ2v) is 5.06. The van der Waals surface area contributed by atoms with Crippen molar-refractivity contribution >= 4 is 23.5 Å². The number of nitrogens with one attached hydrogen (secondary N) is 1. The molecule has 4 heteroatoms. The third-order valence-electron chi connectivity index (χ3n) is 2.47. The smallest absolute Gasteiger partial charge is 0.321 e. The molecule has 0 unspecified atom stereocenters. The fourth-order valence-electron chi connectivity index (χ4n) is 1.32. The summed E-state index contributed by atoms with van der Waals surface area (Å²) in [4.78, 5) is 13.3. The van der Waals surface area contributed by atoms with Crippen molar-refractivity contribution in [1.29, 1.82) is 0 Å². The lowest BCUT2D eigenvalue weighted by atomic mass is 10.2. The SMILES string of the molecule is CCSCc1cccc(NC(=O)N(C)CC)c1. The van der Waals surface area contributed by atoms with Gasteiger partial charge in [0.2, 0.25) is 0 Å². The van der Waals surface area contributed by atoms with Crippen molar-refractivity contribution in [3.63, 3.8) is 0 Å². The van der Waals surface area contributed by atoms with Gasteiger partial charge >= 0.3 is 6.03 Å². The minimum Gasteiger partial charge on any atom is -0.328 e. The lowest BCUT2D eigenvalue weighted by Crippen LogP contribution is -2.30. The van der Waals surface area contributed by atoms with Crippen LogP contribution in [0.25, 0.3) is 0 Å². The van der Waals surface area contributed by atoms with Gasteiger partial charge in [0.25, 0.3) is 0 Å². The first kappa shape index (κ1) is 13.9. The number of hydrogen-bond donors (Lipinski definition) is 1. The summed E-state index contributed by atoms with van der Waals surface area (Å²) in [6.45, 7) is 4.80. The molecule has 1 rings (SSSR count). The Hall–Kier alpha value is -1.16. The lowest BCUT2D eigenvalue weighted by Gasteiger charge is -2.15. The fraction of sp³-hybridized carbons (Fsp3) is 0.462. The quantitative estimate of drug-likeness (QED) is 0.871. The van der Waals surface area contributed by atoms with Crippen molar-refractivity contribution in [1.82, 2.24) is 4.90 Å². The summed E-state index contributed by atoms with van der Waals surface area (Å²) in [6.07, 6.45) is 0. The third-order valence-corrected chi connectivity index (χ3v) is 3.42. The second-order valence-electron chi connectivity index (χ2n) is 3.78. The van der Waals surface area contributed by atoms with Crippen LogP contribution in [0.5, 0.6) is 0 Å². The zero-order valence-corrected chi connectivity index (χ0v) is 11.5. The maximum Gasteiger partial charge on any atom is 0.321 e. The van der Waals surface area contributed by atoms with Gasteiger partial charge in [0.1, 0.15) is 0 Å². The molecule has 0 saturated carbocycles.